The molecule has 0 aromatic heterocycles. The Bertz CT molecular complexity index is 742. The molecule has 0 aliphatic carbocycles. The minimum atomic E-state index is -0.742. The lowest BCUT2D eigenvalue weighted by Gasteiger charge is -2.14. The Labute approximate surface area is 147 Å². The molecule has 2 aromatic rings. The fourth-order valence-electron chi connectivity index (χ4n) is 2.30. The van der Waals surface area contributed by atoms with E-state index in [-0.39, 0.29) is 13.2 Å². The normalized spacial score (nSPS) is 11.3. The van der Waals surface area contributed by atoms with E-state index in [0.717, 1.165) is 16.9 Å². The molecule has 0 fully saturated rings. The second kappa shape index (κ2) is 8.74. The van der Waals surface area contributed by atoms with Gasteiger partial charge < -0.3 is 14.2 Å². The standard InChI is InChI=1S/C20H21NO4/c1-14-10-15(2)12-19(11-14)23-8-9-24-20(22)16(3)25-18-6-4-17(13-21)5-7-18/h4-7,10-12,16H,8-9H2,1-3H3/t16-/m0/s1. The zero-order chi connectivity index (χ0) is 18.2. The van der Waals surface area contributed by atoms with Crippen LogP contribution in [0, 0.1) is 25.2 Å². The molecule has 0 saturated carbocycles. The monoisotopic (exact) mass is 339 g/mol. The first-order chi connectivity index (χ1) is 12.0. The van der Waals surface area contributed by atoms with Crippen molar-refractivity contribution in [1.82, 2.24) is 0 Å². The van der Waals surface area contributed by atoms with Crippen molar-refractivity contribution in [2.24, 2.45) is 0 Å². The molecule has 0 amide bonds. The predicted octanol–water partition coefficient (Wildman–Crippen LogP) is 3.56. The van der Waals surface area contributed by atoms with Crippen LogP contribution >= 0.6 is 0 Å². The molecule has 25 heavy (non-hydrogen) atoms. The fourth-order valence-corrected chi connectivity index (χ4v) is 2.30. The number of carbonyl (C=O) groups excluding carboxylic acids is 1. The molecule has 0 heterocycles. The van der Waals surface area contributed by atoms with Gasteiger partial charge in [-0.15, -0.1) is 0 Å². The van der Waals surface area contributed by atoms with Crippen LogP contribution in [-0.4, -0.2) is 25.3 Å². The lowest BCUT2D eigenvalue weighted by atomic mass is 10.1. The Kier molecular flexibility index (Phi) is 6.41. The Balaban J connectivity index is 1.74. The van der Waals surface area contributed by atoms with Crippen molar-refractivity contribution in [1.29, 1.82) is 5.26 Å². The highest BCUT2D eigenvalue weighted by Gasteiger charge is 2.16. The number of rotatable bonds is 7. The van der Waals surface area contributed by atoms with E-state index in [1.807, 2.05) is 32.0 Å². The lowest BCUT2D eigenvalue weighted by molar-refractivity contribution is -0.151. The molecule has 0 bridgehead atoms. The maximum atomic E-state index is 11.9. The maximum absolute atomic E-state index is 11.9. The summed E-state index contributed by atoms with van der Waals surface area (Å²) in [5.41, 5.74) is 2.78. The molecule has 0 spiro atoms. The highest BCUT2D eigenvalue weighted by molar-refractivity contribution is 5.74. The van der Waals surface area contributed by atoms with Gasteiger partial charge >= 0.3 is 5.97 Å². The first kappa shape index (κ1) is 18.3. The molecule has 0 saturated heterocycles. The Morgan fingerprint density at radius 2 is 1.68 bits per heavy atom. The summed E-state index contributed by atoms with van der Waals surface area (Å²) in [5.74, 6) is 0.804. The van der Waals surface area contributed by atoms with Crippen LogP contribution in [-0.2, 0) is 9.53 Å². The molecular weight excluding hydrogens is 318 g/mol. The van der Waals surface area contributed by atoms with Gasteiger partial charge in [-0.2, -0.15) is 5.26 Å². The van der Waals surface area contributed by atoms with E-state index < -0.39 is 12.1 Å². The summed E-state index contributed by atoms with van der Waals surface area (Å²) in [7, 11) is 0. The molecule has 2 aromatic carbocycles. The van der Waals surface area contributed by atoms with Crippen LogP contribution in [0.15, 0.2) is 42.5 Å². The Morgan fingerprint density at radius 3 is 2.28 bits per heavy atom. The van der Waals surface area contributed by atoms with Crippen molar-refractivity contribution < 1.29 is 19.0 Å². The summed E-state index contributed by atoms with van der Waals surface area (Å²) in [6, 6.07) is 14.5. The topological polar surface area (TPSA) is 68.6 Å². The van der Waals surface area contributed by atoms with Gasteiger partial charge in [0, 0.05) is 0 Å². The number of nitrogens with zero attached hydrogens (tertiary/aromatic N) is 1. The van der Waals surface area contributed by atoms with Gasteiger partial charge in [0.25, 0.3) is 0 Å². The number of benzene rings is 2. The predicted molar refractivity (Wildman–Crippen MR) is 93.6 cm³/mol. The third-order valence-corrected chi connectivity index (χ3v) is 3.42. The van der Waals surface area contributed by atoms with Crippen molar-refractivity contribution in [3.8, 4) is 17.6 Å². The van der Waals surface area contributed by atoms with E-state index in [2.05, 4.69) is 6.07 Å². The van der Waals surface area contributed by atoms with Gasteiger partial charge in [0.1, 0.15) is 24.7 Å². The van der Waals surface area contributed by atoms with Crippen LogP contribution in [0.4, 0.5) is 0 Å². The van der Waals surface area contributed by atoms with E-state index >= 15 is 0 Å². The minimum Gasteiger partial charge on any atom is -0.490 e. The second-order valence-electron chi connectivity index (χ2n) is 5.74. The van der Waals surface area contributed by atoms with Crippen molar-refractivity contribution in [2.45, 2.75) is 26.9 Å². The molecule has 0 unspecified atom stereocenters. The molecule has 0 aliphatic rings. The van der Waals surface area contributed by atoms with Gasteiger partial charge in [0.05, 0.1) is 11.6 Å². The van der Waals surface area contributed by atoms with Gasteiger partial charge in [-0.3, -0.25) is 0 Å². The molecule has 5 heteroatoms. The van der Waals surface area contributed by atoms with Crippen molar-refractivity contribution in [3.05, 3.63) is 59.2 Å². The molecule has 0 N–H and O–H groups in total. The largest absolute Gasteiger partial charge is 0.490 e. The van der Waals surface area contributed by atoms with Gasteiger partial charge in [-0.05, 0) is 68.3 Å². The number of aryl methyl sites for hydroxylation is 2. The van der Waals surface area contributed by atoms with Crippen molar-refractivity contribution in [2.75, 3.05) is 13.2 Å². The first-order valence-corrected chi connectivity index (χ1v) is 8.02. The second-order valence-corrected chi connectivity index (χ2v) is 5.74. The maximum Gasteiger partial charge on any atom is 0.347 e. The number of hydrogen-bond donors (Lipinski definition) is 0. The smallest absolute Gasteiger partial charge is 0.347 e. The molecule has 0 radical (unpaired) electrons. The highest BCUT2D eigenvalue weighted by atomic mass is 16.6. The number of hydrogen-bond acceptors (Lipinski definition) is 5. The van der Waals surface area contributed by atoms with Crippen LogP contribution in [0.25, 0.3) is 0 Å². The highest BCUT2D eigenvalue weighted by Crippen LogP contribution is 2.16. The summed E-state index contributed by atoms with van der Waals surface area (Å²) in [6.07, 6.45) is -0.742. The number of nitriles is 1. The third kappa shape index (κ3) is 5.85. The number of carbonyl (C=O) groups is 1. The van der Waals surface area contributed by atoms with E-state index in [4.69, 9.17) is 19.5 Å². The van der Waals surface area contributed by atoms with Gasteiger partial charge in [-0.25, -0.2) is 4.79 Å². The summed E-state index contributed by atoms with van der Waals surface area (Å²) < 4.78 is 16.3. The number of ether oxygens (including phenoxy) is 3. The molecule has 130 valence electrons. The molecule has 5 nitrogen and oxygen atoms in total. The van der Waals surface area contributed by atoms with Crippen LogP contribution in [0.3, 0.4) is 0 Å². The third-order valence-electron chi connectivity index (χ3n) is 3.42. The molecule has 2 rings (SSSR count). The molecule has 0 aliphatic heterocycles. The van der Waals surface area contributed by atoms with Gasteiger partial charge in [0.15, 0.2) is 6.10 Å². The van der Waals surface area contributed by atoms with Crippen LogP contribution in [0.1, 0.15) is 23.6 Å². The summed E-state index contributed by atoms with van der Waals surface area (Å²) in [6.45, 7) is 6.04. The quantitative estimate of drug-likeness (QED) is 0.570. The number of esters is 1. The Hall–Kier alpha value is -3.00. The van der Waals surface area contributed by atoms with E-state index in [9.17, 15) is 4.79 Å². The van der Waals surface area contributed by atoms with Crippen LogP contribution in [0.5, 0.6) is 11.5 Å². The van der Waals surface area contributed by atoms with Crippen molar-refractivity contribution in [3.63, 3.8) is 0 Å². The van der Waals surface area contributed by atoms with E-state index in [0.29, 0.717) is 11.3 Å². The van der Waals surface area contributed by atoms with E-state index in [1.165, 1.54) is 0 Å². The lowest BCUT2D eigenvalue weighted by Crippen LogP contribution is -2.27. The zero-order valence-electron chi connectivity index (χ0n) is 14.6. The summed E-state index contributed by atoms with van der Waals surface area (Å²) in [4.78, 5) is 11.9. The SMILES string of the molecule is Cc1cc(C)cc(OCCOC(=O)[C@H](C)Oc2ccc(C#N)cc2)c1. The Morgan fingerprint density at radius 1 is 1.04 bits per heavy atom. The average Bonchev–Trinajstić information content (AvgIpc) is 2.58. The van der Waals surface area contributed by atoms with Gasteiger partial charge in [0.2, 0.25) is 0 Å². The first-order valence-electron chi connectivity index (χ1n) is 8.02. The van der Waals surface area contributed by atoms with E-state index in [1.54, 1.807) is 31.2 Å². The van der Waals surface area contributed by atoms with Crippen LogP contribution in [0.2, 0.25) is 0 Å². The zero-order valence-corrected chi connectivity index (χ0v) is 14.6. The summed E-state index contributed by atoms with van der Waals surface area (Å²) in [5, 5.41) is 8.75. The van der Waals surface area contributed by atoms with Crippen LogP contribution < -0.4 is 9.47 Å². The van der Waals surface area contributed by atoms with Crippen molar-refractivity contribution >= 4 is 5.97 Å². The van der Waals surface area contributed by atoms with Gasteiger partial charge in [-0.1, -0.05) is 6.07 Å². The molecule has 1 atom stereocenters. The summed E-state index contributed by atoms with van der Waals surface area (Å²) >= 11 is 0. The minimum absolute atomic E-state index is 0.146. The average molecular weight is 339 g/mol. The molecular formula is C20H21NO4. The fraction of sp³-hybridized carbons (Fsp3) is 0.300.